The largest absolute Gasteiger partial charge is 0.494 e. The number of nitrogens with one attached hydrogen (secondary N) is 1. The van der Waals surface area contributed by atoms with Crippen LogP contribution < -0.4 is 10.1 Å². The van der Waals surface area contributed by atoms with Crippen molar-refractivity contribution in [1.82, 2.24) is 5.32 Å². The Hall–Kier alpha value is -1.10. The van der Waals surface area contributed by atoms with Gasteiger partial charge in [-0.2, -0.15) is 0 Å². The molecule has 0 aliphatic rings. The second-order valence-electron chi connectivity index (χ2n) is 4.21. The average molecular weight is 267 g/mol. The molecule has 1 N–H and O–H groups in total. The Morgan fingerprint density at radius 3 is 2.63 bits per heavy atom. The van der Waals surface area contributed by atoms with E-state index in [0.29, 0.717) is 26.4 Å². The number of methoxy groups -OCH3 is 1. The predicted molar refractivity (Wildman–Crippen MR) is 76.7 cm³/mol. The summed E-state index contributed by atoms with van der Waals surface area (Å²) in [6.45, 7) is 4.66. The van der Waals surface area contributed by atoms with Crippen molar-refractivity contribution in [2.45, 2.75) is 19.4 Å². The summed E-state index contributed by atoms with van der Waals surface area (Å²) in [7, 11) is 3.64. The Morgan fingerprint density at radius 1 is 1.16 bits per heavy atom. The van der Waals surface area contributed by atoms with Gasteiger partial charge in [-0.15, -0.1) is 0 Å². The SMILES string of the molecule is CCOc1ccccc1C(CCOCCOC)NC. The maximum Gasteiger partial charge on any atom is 0.124 e. The van der Waals surface area contributed by atoms with Gasteiger partial charge in [-0.25, -0.2) is 0 Å². The third-order valence-electron chi connectivity index (χ3n) is 2.93. The number of hydrogen-bond donors (Lipinski definition) is 1. The zero-order valence-electron chi connectivity index (χ0n) is 12.1. The van der Waals surface area contributed by atoms with E-state index in [1.54, 1.807) is 7.11 Å². The van der Waals surface area contributed by atoms with Crippen LogP contribution in [0.2, 0.25) is 0 Å². The third-order valence-corrected chi connectivity index (χ3v) is 2.93. The standard InChI is InChI=1S/C15H25NO3/c1-4-19-15-8-6-5-7-13(15)14(16-2)9-10-18-12-11-17-3/h5-8,14,16H,4,9-12H2,1-3H3. The molecule has 1 rings (SSSR count). The highest BCUT2D eigenvalue weighted by molar-refractivity contribution is 5.35. The molecule has 0 bridgehead atoms. The molecule has 0 aliphatic carbocycles. The topological polar surface area (TPSA) is 39.7 Å². The summed E-state index contributed by atoms with van der Waals surface area (Å²) in [5, 5.41) is 3.32. The van der Waals surface area contributed by atoms with Crippen molar-refractivity contribution in [1.29, 1.82) is 0 Å². The molecule has 0 spiro atoms. The Labute approximate surface area is 116 Å². The van der Waals surface area contributed by atoms with Gasteiger partial charge in [0.25, 0.3) is 0 Å². The molecule has 1 aromatic carbocycles. The molecular formula is C15H25NO3. The fraction of sp³-hybridized carbons (Fsp3) is 0.600. The fourth-order valence-electron chi connectivity index (χ4n) is 1.96. The highest BCUT2D eigenvalue weighted by Gasteiger charge is 2.13. The van der Waals surface area contributed by atoms with Crippen LogP contribution in [0.5, 0.6) is 5.75 Å². The maximum absolute atomic E-state index is 5.66. The molecule has 0 saturated carbocycles. The normalized spacial score (nSPS) is 12.4. The second kappa shape index (κ2) is 9.78. The van der Waals surface area contributed by atoms with Crippen LogP contribution in [-0.4, -0.2) is 40.6 Å². The number of ether oxygens (including phenoxy) is 3. The summed E-state index contributed by atoms with van der Waals surface area (Å²) in [6, 6.07) is 8.38. The van der Waals surface area contributed by atoms with E-state index in [1.807, 2.05) is 32.2 Å². The van der Waals surface area contributed by atoms with Crippen molar-refractivity contribution in [3.8, 4) is 5.75 Å². The van der Waals surface area contributed by atoms with Gasteiger partial charge >= 0.3 is 0 Å². The highest BCUT2D eigenvalue weighted by atomic mass is 16.5. The van der Waals surface area contributed by atoms with Crippen molar-refractivity contribution in [2.75, 3.05) is 40.6 Å². The Bertz CT molecular complexity index is 344. The Kier molecular flexibility index (Phi) is 8.21. The average Bonchev–Trinajstić information content (AvgIpc) is 2.44. The van der Waals surface area contributed by atoms with Crippen LogP contribution >= 0.6 is 0 Å². The quantitative estimate of drug-likeness (QED) is 0.661. The van der Waals surface area contributed by atoms with E-state index in [1.165, 1.54) is 5.56 Å². The van der Waals surface area contributed by atoms with Crippen molar-refractivity contribution in [2.24, 2.45) is 0 Å². The second-order valence-corrected chi connectivity index (χ2v) is 4.21. The van der Waals surface area contributed by atoms with Crippen LogP contribution in [0, 0.1) is 0 Å². The van der Waals surface area contributed by atoms with E-state index in [-0.39, 0.29) is 6.04 Å². The first kappa shape index (κ1) is 16.0. The summed E-state index contributed by atoms with van der Waals surface area (Å²) in [5.41, 5.74) is 1.18. The summed E-state index contributed by atoms with van der Waals surface area (Å²) in [6.07, 6.45) is 0.907. The van der Waals surface area contributed by atoms with Crippen molar-refractivity contribution < 1.29 is 14.2 Å². The van der Waals surface area contributed by atoms with E-state index in [2.05, 4.69) is 11.4 Å². The van der Waals surface area contributed by atoms with E-state index >= 15 is 0 Å². The summed E-state index contributed by atoms with van der Waals surface area (Å²) < 4.78 is 16.1. The van der Waals surface area contributed by atoms with Gasteiger partial charge in [-0.3, -0.25) is 0 Å². The fourth-order valence-corrected chi connectivity index (χ4v) is 1.96. The molecular weight excluding hydrogens is 242 g/mol. The van der Waals surface area contributed by atoms with Gasteiger partial charge in [-0.05, 0) is 26.5 Å². The van der Waals surface area contributed by atoms with Crippen LogP contribution in [0.1, 0.15) is 24.9 Å². The molecule has 19 heavy (non-hydrogen) atoms. The lowest BCUT2D eigenvalue weighted by atomic mass is 10.0. The molecule has 0 radical (unpaired) electrons. The molecule has 0 aliphatic heterocycles. The van der Waals surface area contributed by atoms with Gasteiger partial charge in [0.05, 0.1) is 19.8 Å². The minimum absolute atomic E-state index is 0.241. The maximum atomic E-state index is 5.66. The summed E-state index contributed by atoms with van der Waals surface area (Å²) in [5.74, 6) is 0.946. The number of rotatable bonds is 10. The molecule has 0 fully saturated rings. The molecule has 0 heterocycles. The summed E-state index contributed by atoms with van der Waals surface area (Å²) >= 11 is 0. The molecule has 0 aromatic heterocycles. The van der Waals surface area contributed by atoms with E-state index in [4.69, 9.17) is 14.2 Å². The number of benzene rings is 1. The molecule has 0 saturated heterocycles. The van der Waals surface area contributed by atoms with Crippen LogP contribution in [0.3, 0.4) is 0 Å². The number of para-hydroxylation sites is 1. The van der Waals surface area contributed by atoms with E-state index in [9.17, 15) is 0 Å². The van der Waals surface area contributed by atoms with E-state index in [0.717, 1.165) is 12.2 Å². The van der Waals surface area contributed by atoms with Gasteiger partial charge < -0.3 is 19.5 Å². The zero-order valence-corrected chi connectivity index (χ0v) is 12.1. The first-order chi connectivity index (χ1) is 9.33. The lowest BCUT2D eigenvalue weighted by Gasteiger charge is -2.20. The molecule has 0 amide bonds. The van der Waals surface area contributed by atoms with Gasteiger partial charge in [0.1, 0.15) is 5.75 Å². The smallest absolute Gasteiger partial charge is 0.124 e. The molecule has 1 aromatic rings. The molecule has 4 nitrogen and oxygen atoms in total. The van der Waals surface area contributed by atoms with Crippen LogP contribution in [0.4, 0.5) is 0 Å². The molecule has 4 heteroatoms. The minimum atomic E-state index is 0.241. The van der Waals surface area contributed by atoms with E-state index < -0.39 is 0 Å². The Balaban J connectivity index is 2.53. The zero-order chi connectivity index (χ0) is 13.9. The molecule has 108 valence electrons. The minimum Gasteiger partial charge on any atom is -0.494 e. The van der Waals surface area contributed by atoms with Gasteiger partial charge in [-0.1, -0.05) is 18.2 Å². The lowest BCUT2D eigenvalue weighted by molar-refractivity contribution is 0.0659. The van der Waals surface area contributed by atoms with Gasteiger partial charge in [0, 0.05) is 25.3 Å². The molecule has 1 unspecified atom stereocenters. The van der Waals surface area contributed by atoms with Crippen molar-refractivity contribution in [3.63, 3.8) is 0 Å². The van der Waals surface area contributed by atoms with Crippen LogP contribution in [0.15, 0.2) is 24.3 Å². The number of hydrogen-bond acceptors (Lipinski definition) is 4. The van der Waals surface area contributed by atoms with Gasteiger partial charge in [0.15, 0.2) is 0 Å². The monoisotopic (exact) mass is 267 g/mol. The van der Waals surface area contributed by atoms with Crippen molar-refractivity contribution >= 4 is 0 Å². The van der Waals surface area contributed by atoms with Crippen LogP contribution in [0.25, 0.3) is 0 Å². The third kappa shape index (κ3) is 5.59. The predicted octanol–water partition coefficient (Wildman–Crippen LogP) is 2.40. The highest BCUT2D eigenvalue weighted by Crippen LogP contribution is 2.26. The first-order valence-corrected chi connectivity index (χ1v) is 6.79. The molecule has 1 atom stereocenters. The van der Waals surface area contributed by atoms with Gasteiger partial charge in [0.2, 0.25) is 0 Å². The Morgan fingerprint density at radius 2 is 1.95 bits per heavy atom. The van der Waals surface area contributed by atoms with Crippen molar-refractivity contribution in [3.05, 3.63) is 29.8 Å². The summed E-state index contributed by atoms with van der Waals surface area (Å²) in [4.78, 5) is 0. The van der Waals surface area contributed by atoms with Crippen LogP contribution in [-0.2, 0) is 9.47 Å². The lowest BCUT2D eigenvalue weighted by Crippen LogP contribution is -2.19. The first-order valence-electron chi connectivity index (χ1n) is 6.79.